The highest BCUT2D eigenvalue weighted by molar-refractivity contribution is 5.64. The van der Waals surface area contributed by atoms with Crippen LogP contribution >= 0.6 is 0 Å². The van der Waals surface area contributed by atoms with Gasteiger partial charge >= 0.3 is 0 Å². The Morgan fingerprint density at radius 2 is 2.05 bits per heavy atom. The van der Waals surface area contributed by atoms with Gasteiger partial charge in [0.2, 0.25) is 0 Å². The largest absolute Gasteiger partial charge is 0.396 e. The quantitative estimate of drug-likeness (QED) is 0.842. The van der Waals surface area contributed by atoms with E-state index in [0.29, 0.717) is 5.41 Å². The van der Waals surface area contributed by atoms with Crippen LogP contribution in [0.3, 0.4) is 0 Å². The van der Waals surface area contributed by atoms with Crippen LogP contribution in [0.4, 0.5) is 11.5 Å². The minimum absolute atomic E-state index is 0.450. The van der Waals surface area contributed by atoms with Crippen molar-refractivity contribution < 1.29 is 0 Å². The first-order valence-electron chi connectivity index (χ1n) is 7.47. The molecule has 0 unspecified atom stereocenters. The van der Waals surface area contributed by atoms with E-state index in [4.69, 9.17) is 5.73 Å². The molecule has 0 spiro atoms. The monoisotopic (exact) mass is 261 g/mol. The molecule has 1 aromatic rings. The summed E-state index contributed by atoms with van der Waals surface area (Å²) in [6.45, 7) is 7.67. The molecule has 3 heteroatoms. The summed E-state index contributed by atoms with van der Waals surface area (Å²) in [5.74, 6) is 1.61. The Balaban J connectivity index is 2.05. The third-order valence-corrected chi connectivity index (χ3v) is 4.34. The van der Waals surface area contributed by atoms with Crippen molar-refractivity contribution in [2.24, 2.45) is 11.3 Å². The summed E-state index contributed by atoms with van der Waals surface area (Å²) in [5, 5.41) is 3.51. The first-order chi connectivity index (χ1) is 9.02. The fourth-order valence-corrected chi connectivity index (χ4v) is 3.43. The van der Waals surface area contributed by atoms with E-state index in [9.17, 15) is 0 Å². The minimum Gasteiger partial charge on any atom is -0.396 e. The van der Waals surface area contributed by atoms with Crippen LogP contribution in [-0.2, 0) is 0 Å². The second kappa shape index (κ2) is 5.81. The molecule has 1 saturated carbocycles. The molecule has 3 nitrogen and oxygen atoms in total. The number of anilines is 2. The normalized spacial score (nSPS) is 17.9. The lowest BCUT2D eigenvalue weighted by atomic mass is 9.78. The van der Waals surface area contributed by atoms with Crippen LogP contribution < -0.4 is 11.1 Å². The first-order valence-corrected chi connectivity index (χ1v) is 7.47. The molecule has 1 aromatic heterocycles. The zero-order chi connectivity index (χ0) is 13.9. The van der Waals surface area contributed by atoms with Gasteiger partial charge in [0, 0.05) is 12.7 Å². The van der Waals surface area contributed by atoms with Crippen LogP contribution in [-0.4, -0.2) is 11.5 Å². The fourth-order valence-electron chi connectivity index (χ4n) is 3.43. The van der Waals surface area contributed by atoms with Crippen LogP contribution in [0, 0.1) is 18.3 Å². The smallest absolute Gasteiger partial charge is 0.149 e. The molecule has 1 fully saturated rings. The molecular weight excluding hydrogens is 234 g/mol. The molecule has 0 radical (unpaired) electrons. The van der Waals surface area contributed by atoms with Crippen LogP contribution in [0.25, 0.3) is 0 Å². The third kappa shape index (κ3) is 3.40. The summed E-state index contributed by atoms with van der Waals surface area (Å²) >= 11 is 0. The number of pyridine rings is 1. The second-order valence-electron chi connectivity index (χ2n) is 6.55. The van der Waals surface area contributed by atoms with Gasteiger partial charge in [-0.25, -0.2) is 4.98 Å². The number of nitrogen functional groups attached to an aromatic ring is 1. The SMILES string of the molecule is Cc1ccnc(NCC2(CC(C)C)CCCC2)c1N. The van der Waals surface area contributed by atoms with Crippen LogP contribution in [0.2, 0.25) is 0 Å². The number of aromatic nitrogens is 1. The maximum Gasteiger partial charge on any atom is 0.149 e. The number of nitrogens with two attached hydrogens (primary N) is 1. The van der Waals surface area contributed by atoms with Gasteiger partial charge in [0.05, 0.1) is 5.69 Å². The molecule has 1 aliphatic carbocycles. The molecule has 3 N–H and O–H groups in total. The lowest BCUT2D eigenvalue weighted by Gasteiger charge is -2.31. The Morgan fingerprint density at radius 1 is 1.37 bits per heavy atom. The van der Waals surface area contributed by atoms with Crippen molar-refractivity contribution in [1.82, 2.24) is 4.98 Å². The average Bonchev–Trinajstić information content (AvgIpc) is 2.79. The molecule has 0 bridgehead atoms. The Bertz CT molecular complexity index is 420. The van der Waals surface area contributed by atoms with Gasteiger partial charge < -0.3 is 11.1 Å². The fraction of sp³-hybridized carbons (Fsp3) is 0.688. The molecule has 1 aliphatic rings. The topological polar surface area (TPSA) is 50.9 Å². The van der Waals surface area contributed by atoms with Gasteiger partial charge in [-0.1, -0.05) is 26.7 Å². The number of aryl methyl sites for hydroxylation is 1. The molecule has 1 heterocycles. The number of nitrogens with one attached hydrogen (secondary N) is 1. The highest BCUT2D eigenvalue weighted by Gasteiger charge is 2.34. The molecular formula is C16H27N3. The first kappa shape index (κ1) is 14.2. The van der Waals surface area contributed by atoms with Crippen molar-refractivity contribution in [1.29, 1.82) is 0 Å². The summed E-state index contributed by atoms with van der Waals surface area (Å²) in [7, 11) is 0. The minimum atomic E-state index is 0.450. The number of hydrogen-bond donors (Lipinski definition) is 2. The predicted molar refractivity (Wildman–Crippen MR) is 82.2 cm³/mol. The predicted octanol–water partition coefficient (Wildman–Crippen LogP) is 3.99. The molecule has 2 rings (SSSR count). The highest BCUT2D eigenvalue weighted by atomic mass is 15.0. The van der Waals surface area contributed by atoms with Crippen molar-refractivity contribution >= 4 is 11.5 Å². The molecule has 19 heavy (non-hydrogen) atoms. The summed E-state index contributed by atoms with van der Waals surface area (Å²) in [4.78, 5) is 4.37. The van der Waals surface area contributed by atoms with Gasteiger partial charge in [-0.05, 0) is 49.1 Å². The van der Waals surface area contributed by atoms with Gasteiger partial charge in [-0.3, -0.25) is 0 Å². The Kier molecular flexibility index (Phi) is 4.33. The van der Waals surface area contributed by atoms with E-state index in [1.54, 1.807) is 0 Å². The summed E-state index contributed by atoms with van der Waals surface area (Å²) in [5.41, 5.74) is 8.43. The van der Waals surface area contributed by atoms with E-state index >= 15 is 0 Å². The third-order valence-electron chi connectivity index (χ3n) is 4.34. The molecule has 0 saturated heterocycles. The lowest BCUT2D eigenvalue weighted by molar-refractivity contribution is 0.252. The number of nitrogens with zero attached hydrogens (tertiary/aromatic N) is 1. The van der Waals surface area contributed by atoms with Crippen LogP contribution in [0.15, 0.2) is 12.3 Å². The molecule has 106 valence electrons. The van der Waals surface area contributed by atoms with E-state index in [2.05, 4.69) is 24.1 Å². The van der Waals surface area contributed by atoms with E-state index in [-0.39, 0.29) is 0 Å². The number of rotatable bonds is 5. The van der Waals surface area contributed by atoms with E-state index in [0.717, 1.165) is 29.5 Å². The van der Waals surface area contributed by atoms with Crippen LogP contribution in [0.5, 0.6) is 0 Å². The van der Waals surface area contributed by atoms with Gasteiger partial charge in [-0.15, -0.1) is 0 Å². The van der Waals surface area contributed by atoms with Gasteiger partial charge in [-0.2, -0.15) is 0 Å². The Morgan fingerprint density at radius 3 is 2.68 bits per heavy atom. The molecule has 0 atom stereocenters. The van der Waals surface area contributed by atoms with E-state index in [1.807, 2.05) is 19.2 Å². The Labute approximate surface area is 117 Å². The maximum atomic E-state index is 6.09. The van der Waals surface area contributed by atoms with Crippen molar-refractivity contribution in [2.45, 2.75) is 52.9 Å². The van der Waals surface area contributed by atoms with Crippen molar-refractivity contribution in [3.8, 4) is 0 Å². The molecule has 0 amide bonds. The molecule has 0 aliphatic heterocycles. The van der Waals surface area contributed by atoms with E-state index in [1.165, 1.54) is 32.1 Å². The zero-order valence-electron chi connectivity index (χ0n) is 12.5. The average molecular weight is 261 g/mol. The molecule has 0 aromatic carbocycles. The maximum absolute atomic E-state index is 6.09. The van der Waals surface area contributed by atoms with Crippen molar-refractivity contribution in [2.75, 3.05) is 17.6 Å². The van der Waals surface area contributed by atoms with Crippen LogP contribution in [0.1, 0.15) is 51.5 Å². The lowest BCUT2D eigenvalue weighted by Crippen LogP contribution is -2.29. The van der Waals surface area contributed by atoms with Gasteiger partial charge in [0.25, 0.3) is 0 Å². The summed E-state index contributed by atoms with van der Waals surface area (Å²) < 4.78 is 0. The number of hydrogen-bond acceptors (Lipinski definition) is 3. The van der Waals surface area contributed by atoms with Gasteiger partial charge in [0.1, 0.15) is 5.82 Å². The highest BCUT2D eigenvalue weighted by Crippen LogP contribution is 2.43. The van der Waals surface area contributed by atoms with Gasteiger partial charge in [0.15, 0.2) is 0 Å². The summed E-state index contributed by atoms with van der Waals surface area (Å²) in [6, 6.07) is 1.96. The van der Waals surface area contributed by atoms with Crippen molar-refractivity contribution in [3.05, 3.63) is 17.8 Å². The second-order valence-corrected chi connectivity index (χ2v) is 6.55. The zero-order valence-corrected chi connectivity index (χ0v) is 12.5. The summed E-state index contributed by atoms with van der Waals surface area (Å²) in [6.07, 6.45) is 8.54. The van der Waals surface area contributed by atoms with E-state index < -0.39 is 0 Å². The Hall–Kier alpha value is -1.25. The van der Waals surface area contributed by atoms with Crippen molar-refractivity contribution in [3.63, 3.8) is 0 Å². The standard InChI is InChI=1S/C16H27N3/c1-12(2)10-16(7-4-5-8-16)11-19-15-14(17)13(3)6-9-18-15/h6,9,12H,4-5,7-8,10-11,17H2,1-3H3,(H,18,19).